The standard InChI is InChI=1S/C17H19ClN2O2/c1-2-4-14-11-15(19-22-14)17(21)20-10-3-5-16(20)12-6-8-13(18)9-7-12/h6-9,11,16H,2-5,10H2,1H3. The fourth-order valence-electron chi connectivity index (χ4n) is 2.97. The number of aromatic nitrogens is 1. The van der Waals surface area contributed by atoms with E-state index in [1.54, 1.807) is 6.07 Å². The molecule has 116 valence electrons. The van der Waals surface area contributed by atoms with Crippen molar-refractivity contribution in [3.8, 4) is 0 Å². The van der Waals surface area contributed by atoms with E-state index in [0.717, 1.165) is 43.6 Å². The average molecular weight is 319 g/mol. The minimum absolute atomic E-state index is 0.0523. The molecule has 2 heterocycles. The molecule has 0 radical (unpaired) electrons. The van der Waals surface area contributed by atoms with Crippen LogP contribution in [0.5, 0.6) is 0 Å². The predicted octanol–water partition coefficient (Wildman–Crippen LogP) is 4.26. The van der Waals surface area contributed by atoms with Crippen molar-refractivity contribution >= 4 is 17.5 Å². The molecule has 1 aliphatic heterocycles. The van der Waals surface area contributed by atoms with E-state index in [4.69, 9.17) is 16.1 Å². The maximum absolute atomic E-state index is 12.7. The molecule has 0 bridgehead atoms. The third-order valence-electron chi connectivity index (χ3n) is 4.04. The molecule has 0 aliphatic carbocycles. The summed E-state index contributed by atoms with van der Waals surface area (Å²) in [5.41, 5.74) is 1.52. The number of hydrogen-bond acceptors (Lipinski definition) is 3. The lowest BCUT2D eigenvalue weighted by molar-refractivity contribution is 0.0725. The number of rotatable bonds is 4. The molecule has 0 saturated carbocycles. The first-order valence-corrected chi connectivity index (χ1v) is 8.09. The van der Waals surface area contributed by atoms with E-state index in [1.807, 2.05) is 29.2 Å². The number of hydrogen-bond donors (Lipinski definition) is 0. The molecule has 1 aromatic carbocycles. The van der Waals surface area contributed by atoms with Crippen LogP contribution in [0.15, 0.2) is 34.9 Å². The highest BCUT2D eigenvalue weighted by Gasteiger charge is 2.32. The first-order chi connectivity index (χ1) is 10.7. The maximum atomic E-state index is 12.7. The van der Waals surface area contributed by atoms with Crippen molar-refractivity contribution in [2.24, 2.45) is 0 Å². The molecule has 1 atom stereocenters. The van der Waals surface area contributed by atoms with Gasteiger partial charge in [-0.1, -0.05) is 35.8 Å². The van der Waals surface area contributed by atoms with Gasteiger partial charge in [0.2, 0.25) is 0 Å². The normalized spacial score (nSPS) is 17.9. The molecular formula is C17H19ClN2O2. The molecular weight excluding hydrogens is 300 g/mol. The highest BCUT2D eigenvalue weighted by atomic mass is 35.5. The summed E-state index contributed by atoms with van der Waals surface area (Å²) in [5, 5.41) is 4.64. The Kier molecular flexibility index (Phi) is 4.48. The van der Waals surface area contributed by atoms with Gasteiger partial charge in [-0.2, -0.15) is 0 Å². The van der Waals surface area contributed by atoms with E-state index in [0.29, 0.717) is 10.7 Å². The topological polar surface area (TPSA) is 46.3 Å². The molecule has 5 heteroatoms. The molecule has 22 heavy (non-hydrogen) atoms. The van der Waals surface area contributed by atoms with Crippen LogP contribution in [0.25, 0.3) is 0 Å². The molecule has 1 unspecified atom stereocenters. The minimum Gasteiger partial charge on any atom is -0.361 e. The summed E-state index contributed by atoms with van der Waals surface area (Å²) in [6.07, 6.45) is 3.74. The molecule has 0 N–H and O–H groups in total. The first kappa shape index (κ1) is 15.1. The van der Waals surface area contributed by atoms with Crippen LogP contribution in [0.2, 0.25) is 5.02 Å². The smallest absolute Gasteiger partial charge is 0.276 e. The Bertz CT molecular complexity index is 651. The highest BCUT2D eigenvalue weighted by Crippen LogP contribution is 2.33. The second kappa shape index (κ2) is 6.53. The van der Waals surface area contributed by atoms with Crippen LogP contribution < -0.4 is 0 Å². The van der Waals surface area contributed by atoms with Gasteiger partial charge in [0.05, 0.1) is 6.04 Å². The van der Waals surface area contributed by atoms with Crippen LogP contribution in [-0.2, 0) is 6.42 Å². The summed E-state index contributed by atoms with van der Waals surface area (Å²) in [4.78, 5) is 14.6. The van der Waals surface area contributed by atoms with Crippen molar-refractivity contribution < 1.29 is 9.32 Å². The minimum atomic E-state index is -0.0523. The molecule has 1 saturated heterocycles. The van der Waals surface area contributed by atoms with E-state index in [-0.39, 0.29) is 11.9 Å². The quantitative estimate of drug-likeness (QED) is 0.846. The van der Waals surface area contributed by atoms with Gasteiger partial charge in [-0.15, -0.1) is 0 Å². The van der Waals surface area contributed by atoms with Crippen LogP contribution in [-0.4, -0.2) is 22.5 Å². The lowest BCUT2D eigenvalue weighted by atomic mass is 10.0. The third kappa shape index (κ3) is 3.02. The fraction of sp³-hybridized carbons (Fsp3) is 0.412. The van der Waals surface area contributed by atoms with Crippen molar-refractivity contribution in [1.82, 2.24) is 10.1 Å². The van der Waals surface area contributed by atoms with Crippen LogP contribution in [0.1, 0.15) is 54.0 Å². The Hall–Kier alpha value is -1.81. The van der Waals surface area contributed by atoms with Gasteiger partial charge in [-0.05, 0) is 37.0 Å². The summed E-state index contributed by atoms with van der Waals surface area (Å²) in [6.45, 7) is 2.82. The van der Waals surface area contributed by atoms with E-state index < -0.39 is 0 Å². The summed E-state index contributed by atoms with van der Waals surface area (Å²) < 4.78 is 5.23. The predicted molar refractivity (Wildman–Crippen MR) is 85.0 cm³/mol. The third-order valence-corrected chi connectivity index (χ3v) is 4.29. The number of amides is 1. The zero-order chi connectivity index (χ0) is 15.5. The number of benzene rings is 1. The molecule has 0 spiro atoms. The number of nitrogens with zero attached hydrogens (tertiary/aromatic N) is 2. The maximum Gasteiger partial charge on any atom is 0.276 e. The number of carbonyl (C=O) groups excluding carboxylic acids is 1. The summed E-state index contributed by atoms with van der Waals surface area (Å²) in [6, 6.07) is 9.58. The number of likely N-dealkylation sites (tertiary alicyclic amines) is 1. The Morgan fingerprint density at radius 1 is 1.41 bits per heavy atom. The van der Waals surface area contributed by atoms with Gasteiger partial charge in [0.15, 0.2) is 5.69 Å². The van der Waals surface area contributed by atoms with Crippen molar-refractivity contribution in [2.75, 3.05) is 6.54 Å². The number of aryl methyl sites for hydroxylation is 1. The molecule has 1 fully saturated rings. The molecule has 1 aromatic heterocycles. The zero-order valence-corrected chi connectivity index (χ0v) is 13.3. The SMILES string of the molecule is CCCc1cc(C(=O)N2CCCC2c2ccc(Cl)cc2)no1. The lowest BCUT2D eigenvalue weighted by Gasteiger charge is -2.24. The van der Waals surface area contributed by atoms with Gasteiger partial charge < -0.3 is 9.42 Å². The largest absolute Gasteiger partial charge is 0.361 e. The van der Waals surface area contributed by atoms with E-state index >= 15 is 0 Å². The van der Waals surface area contributed by atoms with Crippen LogP contribution >= 0.6 is 11.6 Å². The highest BCUT2D eigenvalue weighted by molar-refractivity contribution is 6.30. The monoisotopic (exact) mass is 318 g/mol. The van der Waals surface area contributed by atoms with Gasteiger partial charge in [-0.25, -0.2) is 0 Å². The van der Waals surface area contributed by atoms with Crippen molar-refractivity contribution in [3.05, 3.63) is 52.4 Å². The van der Waals surface area contributed by atoms with Crippen LogP contribution in [0.3, 0.4) is 0 Å². The Morgan fingerprint density at radius 3 is 2.91 bits per heavy atom. The van der Waals surface area contributed by atoms with E-state index in [9.17, 15) is 4.79 Å². The molecule has 3 rings (SSSR count). The summed E-state index contributed by atoms with van der Waals surface area (Å²) in [5.74, 6) is 0.719. The van der Waals surface area contributed by atoms with Gasteiger partial charge >= 0.3 is 0 Å². The van der Waals surface area contributed by atoms with E-state index in [2.05, 4.69) is 12.1 Å². The zero-order valence-electron chi connectivity index (χ0n) is 12.6. The molecule has 4 nitrogen and oxygen atoms in total. The van der Waals surface area contributed by atoms with Crippen LogP contribution in [0, 0.1) is 0 Å². The molecule has 1 amide bonds. The van der Waals surface area contributed by atoms with Crippen LogP contribution in [0.4, 0.5) is 0 Å². The van der Waals surface area contributed by atoms with Gasteiger partial charge in [0, 0.05) is 24.1 Å². The Balaban J connectivity index is 1.79. The summed E-state index contributed by atoms with van der Waals surface area (Å²) in [7, 11) is 0. The Morgan fingerprint density at radius 2 is 2.18 bits per heavy atom. The van der Waals surface area contributed by atoms with Crippen molar-refractivity contribution in [2.45, 2.75) is 38.6 Å². The second-order valence-corrected chi connectivity index (χ2v) is 6.07. The first-order valence-electron chi connectivity index (χ1n) is 7.71. The fourth-order valence-corrected chi connectivity index (χ4v) is 3.09. The lowest BCUT2D eigenvalue weighted by Crippen LogP contribution is -2.30. The molecule has 2 aromatic rings. The van der Waals surface area contributed by atoms with Gasteiger partial charge in [0.25, 0.3) is 5.91 Å². The van der Waals surface area contributed by atoms with Gasteiger partial charge in [0.1, 0.15) is 5.76 Å². The second-order valence-electron chi connectivity index (χ2n) is 5.64. The Labute approximate surface area is 135 Å². The number of halogens is 1. The molecule has 1 aliphatic rings. The van der Waals surface area contributed by atoms with E-state index in [1.165, 1.54) is 0 Å². The van der Waals surface area contributed by atoms with Crippen molar-refractivity contribution in [1.29, 1.82) is 0 Å². The van der Waals surface area contributed by atoms with Crippen molar-refractivity contribution in [3.63, 3.8) is 0 Å². The number of carbonyl (C=O) groups is 1. The summed E-state index contributed by atoms with van der Waals surface area (Å²) >= 11 is 5.94. The average Bonchev–Trinajstić information content (AvgIpc) is 3.17. The van der Waals surface area contributed by atoms with Gasteiger partial charge in [-0.3, -0.25) is 4.79 Å².